The molecule has 262 valence electrons. The van der Waals surface area contributed by atoms with E-state index in [9.17, 15) is 8.42 Å². The summed E-state index contributed by atoms with van der Waals surface area (Å²) in [6.07, 6.45) is 7.71. The molecule has 1 saturated heterocycles. The van der Waals surface area contributed by atoms with Crippen LogP contribution in [0.1, 0.15) is 27.2 Å². The molecule has 8 nitrogen and oxygen atoms in total. The predicted octanol–water partition coefficient (Wildman–Crippen LogP) is 7.25. The molecule has 0 radical (unpaired) electrons. The van der Waals surface area contributed by atoms with Gasteiger partial charge in [0.1, 0.15) is 4.21 Å². The van der Waals surface area contributed by atoms with Crippen molar-refractivity contribution in [2.75, 3.05) is 31.1 Å². The Balaban J connectivity index is 1.21. The highest BCUT2D eigenvalue weighted by Crippen LogP contribution is 2.38. The van der Waals surface area contributed by atoms with E-state index in [1.165, 1.54) is 21.7 Å². The number of hydrogen-bond donors (Lipinski definition) is 0. The van der Waals surface area contributed by atoms with E-state index >= 15 is 0 Å². The maximum absolute atomic E-state index is 14.2. The Morgan fingerprint density at radius 1 is 0.863 bits per heavy atom. The van der Waals surface area contributed by atoms with Gasteiger partial charge in [0, 0.05) is 72.4 Å². The van der Waals surface area contributed by atoms with Crippen LogP contribution in [0.5, 0.6) is 0 Å². The molecular weight excluding hydrogens is 714 g/mol. The van der Waals surface area contributed by atoms with E-state index in [1.807, 2.05) is 48.8 Å². The summed E-state index contributed by atoms with van der Waals surface area (Å²) in [5, 5.41) is 3.66. The molecule has 51 heavy (non-hydrogen) atoms. The van der Waals surface area contributed by atoms with Gasteiger partial charge < -0.3 is 9.33 Å². The van der Waals surface area contributed by atoms with E-state index < -0.39 is 18.3 Å². The Hall–Kier alpha value is -3.97. The van der Waals surface area contributed by atoms with Gasteiger partial charge >= 0.3 is 0 Å². The number of nitrogens with zero attached hydrogens (tertiary/aromatic N) is 5. The lowest BCUT2D eigenvalue weighted by molar-refractivity contribution is 0.249. The van der Waals surface area contributed by atoms with E-state index in [0.717, 1.165) is 21.2 Å². The molecule has 4 heterocycles. The van der Waals surface area contributed by atoms with E-state index in [0.29, 0.717) is 41.3 Å². The number of rotatable bonds is 10. The Labute approximate surface area is 309 Å². The minimum Gasteiger partial charge on any atom is -0.407 e. The minimum absolute atomic E-state index is 0.187. The lowest BCUT2D eigenvalue weighted by atomic mass is 10.1. The monoisotopic (exact) mass is 753 g/mol. The smallest absolute Gasteiger partial charge is 0.261 e. The number of anilines is 1. The molecule has 0 bridgehead atoms. The summed E-state index contributed by atoms with van der Waals surface area (Å²) >= 11 is 7.49. The van der Waals surface area contributed by atoms with Crippen molar-refractivity contribution in [2.45, 2.75) is 42.5 Å². The fourth-order valence-electron chi connectivity index (χ4n) is 7.06. The van der Waals surface area contributed by atoms with E-state index in [2.05, 4.69) is 79.2 Å². The molecule has 0 N–H and O–H groups in total. The second-order valence-electron chi connectivity index (χ2n) is 13.8. The van der Waals surface area contributed by atoms with Crippen LogP contribution in [0.2, 0.25) is 10.1 Å². The largest absolute Gasteiger partial charge is 0.407 e. The predicted molar refractivity (Wildman–Crippen MR) is 210 cm³/mol. The molecule has 0 amide bonds. The summed E-state index contributed by atoms with van der Waals surface area (Å²) in [6, 6.07) is 32.0. The highest BCUT2D eigenvalue weighted by atomic mass is 35.5. The first-order valence-corrected chi connectivity index (χ1v) is 21.5. The van der Waals surface area contributed by atoms with Gasteiger partial charge in [-0.15, -0.1) is 11.3 Å². The highest BCUT2D eigenvalue weighted by molar-refractivity contribution is 7.91. The third-order valence-electron chi connectivity index (χ3n) is 9.59. The first-order chi connectivity index (χ1) is 24.6. The quantitative estimate of drug-likeness (QED) is 0.136. The van der Waals surface area contributed by atoms with Gasteiger partial charge in [-0.3, -0.25) is 4.98 Å². The lowest BCUT2D eigenvalue weighted by Gasteiger charge is -2.44. The van der Waals surface area contributed by atoms with Gasteiger partial charge in [-0.2, -0.15) is 4.31 Å². The van der Waals surface area contributed by atoms with Gasteiger partial charge in [-0.25, -0.2) is 18.4 Å². The summed E-state index contributed by atoms with van der Waals surface area (Å²) in [5.41, 5.74) is 1.87. The van der Waals surface area contributed by atoms with Crippen LogP contribution in [-0.4, -0.2) is 68.3 Å². The number of aromatic nitrogens is 3. The minimum atomic E-state index is -3.78. The molecule has 1 fully saturated rings. The maximum Gasteiger partial charge on any atom is 0.261 e. The van der Waals surface area contributed by atoms with Gasteiger partial charge in [0.2, 0.25) is 5.95 Å². The van der Waals surface area contributed by atoms with Crippen molar-refractivity contribution in [2.24, 2.45) is 0 Å². The number of sulfonamides is 1. The Bertz CT molecular complexity index is 2160. The van der Waals surface area contributed by atoms with Crippen molar-refractivity contribution in [1.29, 1.82) is 0 Å². The van der Waals surface area contributed by atoms with Gasteiger partial charge in [-0.05, 0) is 63.1 Å². The third kappa shape index (κ3) is 7.11. The van der Waals surface area contributed by atoms with Crippen LogP contribution in [0, 0.1) is 0 Å². The van der Waals surface area contributed by atoms with Gasteiger partial charge in [0.05, 0.1) is 0 Å². The summed E-state index contributed by atoms with van der Waals surface area (Å²) in [5.74, 6) is 0.566. The molecule has 7 rings (SSSR count). The van der Waals surface area contributed by atoms with E-state index in [4.69, 9.17) is 26.0 Å². The first kappa shape index (κ1) is 35.4. The van der Waals surface area contributed by atoms with Crippen molar-refractivity contribution in [3.8, 4) is 11.1 Å². The van der Waals surface area contributed by atoms with Gasteiger partial charge in [0.15, 0.2) is 0 Å². The summed E-state index contributed by atoms with van der Waals surface area (Å²) < 4.78 is 38.4. The third-order valence-corrected chi connectivity index (χ3v) is 18.3. The topological polar surface area (TPSA) is 88.5 Å². The molecule has 6 aromatic rings. The number of benzene rings is 3. The highest BCUT2D eigenvalue weighted by Gasteiger charge is 2.50. The Morgan fingerprint density at radius 2 is 1.51 bits per heavy atom. The number of piperazine rings is 1. The van der Waals surface area contributed by atoms with Crippen LogP contribution < -0.4 is 15.3 Å². The standard InChI is InChI=1S/C39H40ClN5O3S2Si/c1-39(2,3)51(34-10-6-4-7-11-34,35-12-8-5-9-13-35)48-23-18-33-28-44(50(46,47)37-24-30-14-15-32(40)25-36(30)49-37)21-22-45(33)38-42-26-31(27-43-38)29-16-19-41-20-17-29/h4-17,19-20,24-27,33H,18,21-23,28H2,1-3H3. The van der Waals surface area contributed by atoms with Crippen LogP contribution in [-0.2, 0) is 14.4 Å². The average molecular weight is 754 g/mol. The van der Waals surface area contributed by atoms with Gasteiger partial charge in [-0.1, -0.05) is 99.1 Å². The van der Waals surface area contributed by atoms with Crippen molar-refractivity contribution in [3.63, 3.8) is 0 Å². The van der Waals surface area contributed by atoms with E-state index in [1.54, 1.807) is 28.8 Å². The van der Waals surface area contributed by atoms with Gasteiger partial charge in [0.25, 0.3) is 18.3 Å². The molecule has 1 unspecified atom stereocenters. The average Bonchev–Trinajstić information content (AvgIpc) is 3.58. The van der Waals surface area contributed by atoms with Crippen molar-refractivity contribution in [1.82, 2.24) is 19.3 Å². The molecule has 0 spiro atoms. The number of thiophene rings is 1. The Kier molecular flexibility index (Phi) is 10.1. The SMILES string of the molecule is CC(C)(C)[Si](OCCC1CN(S(=O)(=O)c2cc3ccc(Cl)cc3s2)CCN1c1ncc(-c2ccncc2)cn1)(c1ccccc1)c1ccccc1. The van der Waals surface area contributed by atoms with Crippen LogP contribution in [0.3, 0.4) is 0 Å². The molecule has 0 saturated carbocycles. The number of halogens is 1. The molecule has 1 atom stereocenters. The fourth-order valence-corrected chi connectivity index (χ4v) is 14.9. The van der Waals surface area contributed by atoms with Crippen LogP contribution in [0.25, 0.3) is 21.2 Å². The molecule has 12 heteroatoms. The van der Waals surface area contributed by atoms with Crippen molar-refractivity contribution >= 4 is 67.7 Å². The summed E-state index contributed by atoms with van der Waals surface area (Å²) in [4.78, 5) is 15.8. The lowest BCUT2D eigenvalue weighted by Crippen LogP contribution is -2.67. The molecular formula is C39H40ClN5O3S2Si. The van der Waals surface area contributed by atoms with Crippen molar-refractivity contribution in [3.05, 3.63) is 127 Å². The molecule has 3 aromatic heterocycles. The number of fused-ring (bicyclic) bond motifs is 1. The zero-order valence-electron chi connectivity index (χ0n) is 28.8. The zero-order valence-corrected chi connectivity index (χ0v) is 32.2. The fraction of sp³-hybridized carbons (Fsp3) is 0.256. The molecule has 1 aliphatic heterocycles. The van der Waals surface area contributed by atoms with Crippen LogP contribution in [0.4, 0.5) is 5.95 Å². The Morgan fingerprint density at radius 3 is 2.14 bits per heavy atom. The first-order valence-electron chi connectivity index (χ1n) is 17.0. The van der Waals surface area contributed by atoms with E-state index in [-0.39, 0.29) is 17.6 Å². The van der Waals surface area contributed by atoms with Crippen LogP contribution in [0.15, 0.2) is 126 Å². The van der Waals surface area contributed by atoms with Crippen LogP contribution >= 0.6 is 22.9 Å². The number of pyridine rings is 1. The second kappa shape index (κ2) is 14.6. The number of hydrogen-bond acceptors (Lipinski definition) is 8. The summed E-state index contributed by atoms with van der Waals surface area (Å²) in [6.45, 7) is 8.23. The molecule has 3 aromatic carbocycles. The normalized spacial score (nSPS) is 16.1. The maximum atomic E-state index is 14.2. The summed E-state index contributed by atoms with van der Waals surface area (Å²) in [7, 11) is -6.58. The molecule has 1 aliphatic rings. The molecule has 0 aliphatic carbocycles. The second-order valence-corrected chi connectivity index (χ2v) is 21.8. The zero-order chi connectivity index (χ0) is 35.6. The van der Waals surface area contributed by atoms with Crippen molar-refractivity contribution < 1.29 is 12.8 Å².